The Morgan fingerprint density at radius 2 is 1.60 bits per heavy atom. The summed E-state index contributed by atoms with van der Waals surface area (Å²) in [6.07, 6.45) is 5.31. The van der Waals surface area contributed by atoms with Gasteiger partial charge in [0.05, 0.1) is 24.4 Å². The molecule has 6 heteroatoms. The molecule has 1 fully saturated rings. The normalized spacial score (nSPS) is 23.7. The van der Waals surface area contributed by atoms with Gasteiger partial charge in [-0.2, -0.15) is 0 Å². The molecule has 5 atom stereocenters. The van der Waals surface area contributed by atoms with Gasteiger partial charge in [0.1, 0.15) is 0 Å². The summed E-state index contributed by atoms with van der Waals surface area (Å²) in [5.74, 6) is -0.187. The van der Waals surface area contributed by atoms with Gasteiger partial charge in [-0.25, -0.2) is 0 Å². The topological polar surface area (TPSA) is 101 Å². The molecule has 1 saturated carbocycles. The van der Waals surface area contributed by atoms with Gasteiger partial charge in [-0.15, -0.1) is 0 Å². The molecule has 0 aliphatic heterocycles. The standard InChI is InChI=1S/C49H55NO5/c1-34-10-9-26-48(2)46(25-27-49(48,55)33-50(31-42(53)32-51)30-40-15-8-14-38-13-6-7-16-43(38)40)44-24-18-35(28-41(52)23-17-34)29-45(44)47(54)39-21-19-37(20-22-39)36-11-4-3-5-12-36/h3-8,10-16,18-22,24,29,41-42,46,51-53,55H,9,17,23,25-28,30-33H2,1-2H3. The molecule has 5 aromatic rings. The third-order valence-electron chi connectivity index (χ3n) is 12.6. The van der Waals surface area contributed by atoms with Crippen molar-refractivity contribution >= 4 is 16.6 Å². The first-order valence-electron chi connectivity index (χ1n) is 19.9. The number of hydrogen-bond acceptors (Lipinski definition) is 6. The molecule has 5 unspecified atom stereocenters. The van der Waals surface area contributed by atoms with Crippen LogP contribution in [0.2, 0.25) is 0 Å². The van der Waals surface area contributed by atoms with E-state index >= 15 is 0 Å². The lowest BCUT2D eigenvalue weighted by atomic mass is 9.64. The lowest BCUT2D eigenvalue weighted by Crippen LogP contribution is -2.53. The summed E-state index contributed by atoms with van der Waals surface area (Å²) >= 11 is 0. The molecule has 0 heterocycles. The van der Waals surface area contributed by atoms with Crippen LogP contribution in [0.15, 0.2) is 127 Å². The van der Waals surface area contributed by atoms with Crippen LogP contribution >= 0.6 is 0 Å². The first-order chi connectivity index (χ1) is 26.6. The van der Waals surface area contributed by atoms with Gasteiger partial charge in [0.2, 0.25) is 0 Å². The van der Waals surface area contributed by atoms with E-state index in [1.54, 1.807) is 0 Å². The second kappa shape index (κ2) is 16.7. The minimum absolute atomic E-state index is 0.0600. The molecule has 8 rings (SSSR count). The molecular weight excluding hydrogens is 683 g/mol. The summed E-state index contributed by atoms with van der Waals surface area (Å²) in [6, 6.07) is 38.6. The molecular formula is C49H55NO5. The molecule has 0 radical (unpaired) electrons. The molecule has 5 aromatic carbocycles. The van der Waals surface area contributed by atoms with Crippen molar-refractivity contribution < 1.29 is 25.2 Å². The lowest BCUT2D eigenvalue weighted by Gasteiger charge is -2.46. The van der Waals surface area contributed by atoms with E-state index in [4.69, 9.17) is 0 Å². The third kappa shape index (κ3) is 8.40. The molecule has 3 aliphatic carbocycles. The van der Waals surface area contributed by atoms with Crippen LogP contribution in [-0.4, -0.2) is 68.6 Å². The van der Waals surface area contributed by atoms with Crippen LogP contribution in [-0.2, 0) is 13.0 Å². The summed E-state index contributed by atoms with van der Waals surface area (Å²) in [6.45, 7) is 4.96. The highest BCUT2D eigenvalue weighted by Crippen LogP contribution is 2.59. The van der Waals surface area contributed by atoms with Crippen LogP contribution in [0.4, 0.5) is 0 Å². The SMILES string of the molecule is CC1=CCCC2(C)C(CCC2(O)CN(Cc2cccc3ccccc23)CC(O)CO)c2ccc(cc2C(=O)c2ccc(-c3ccccc3)cc2)CC(O)CC1. The molecule has 0 aromatic heterocycles. The Kier molecular flexibility index (Phi) is 11.8. The number of carbonyl (C=O) groups is 1. The molecule has 286 valence electrons. The zero-order chi connectivity index (χ0) is 38.6. The Morgan fingerprint density at radius 3 is 2.38 bits per heavy atom. The molecule has 2 bridgehead atoms. The number of aliphatic hydroxyl groups is 4. The lowest BCUT2D eigenvalue weighted by molar-refractivity contribution is -0.0907. The Morgan fingerprint density at radius 1 is 0.873 bits per heavy atom. The second-order valence-electron chi connectivity index (χ2n) is 16.4. The number of rotatable bonds is 10. The van der Waals surface area contributed by atoms with Gasteiger partial charge < -0.3 is 20.4 Å². The molecule has 3 aliphatic rings. The minimum Gasteiger partial charge on any atom is -0.394 e. The fourth-order valence-electron chi connectivity index (χ4n) is 9.38. The number of benzene rings is 5. The quantitative estimate of drug-likeness (QED) is 0.0846. The summed E-state index contributed by atoms with van der Waals surface area (Å²) in [4.78, 5) is 16.8. The van der Waals surface area contributed by atoms with Crippen LogP contribution in [0.25, 0.3) is 21.9 Å². The molecule has 0 saturated heterocycles. The molecule has 4 N–H and O–H groups in total. The van der Waals surface area contributed by atoms with Crippen molar-refractivity contribution in [3.05, 3.63) is 155 Å². The van der Waals surface area contributed by atoms with Crippen molar-refractivity contribution in [1.82, 2.24) is 4.90 Å². The summed E-state index contributed by atoms with van der Waals surface area (Å²) in [7, 11) is 0. The Labute approximate surface area is 325 Å². The summed E-state index contributed by atoms with van der Waals surface area (Å²) in [5.41, 5.74) is 5.75. The maximum atomic E-state index is 14.7. The number of allylic oxidation sites excluding steroid dienone is 2. The zero-order valence-electron chi connectivity index (χ0n) is 32.2. The third-order valence-corrected chi connectivity index (χ3v) is 12.6. The predicted octanol–water partition coefficient (Wildman–Crippen LogP) is 8.63. The van der Waals surface area contributed by atoms with E-state index in [9.17, 15) is 25.2 Å². The van der Waals surface area contributed by atoms with Crippen molar-refractivity contribution in [2.75, 3.05) is 19.7 Å². The Balaban J connectivity index is 1.28. The summed E-state index contributed by atoms with van der Waals surface area (Å²) < 4.78 is 0. The predicted molar refractivity (Wildman–Crippen MR) is 221 cm³/mol. The largest absolute Gasteiger partial charge is 0.394 e. The van der Waals surface area contributed by atoms with Gasteiger partial charge in [-0.05, 0) is 102 Å². The van der Waals surface area contributed by atoms with Crippen LogP contribution in [0, 0.1) is 5.41 Å². The van der Waals surface area contributed by atoms with E-state index in [2.05, 4.69) is 73.4 Å². The maximum absolute atomic E-state index is 14.7. The van der Waals surface area contributed by atoms with Gasteiger partial charge in [-0.3, -0.25) is 9.69 Å². The van der Waals surface area contributed by atoms with Crippen molar-refractivity contribution in [1.29, 1.82) is 0 Å². The minimum atomic E-state index is -1.16. The maximum Gasteiger partial charge on any atom is 0.193 e. The number of ketones is 1. The number of carbonyl (C=O) groups excluding carboxylic acids is 1. The van der Waals surface area contributed by atoms with Crippen molar-refractivity contribution in [3.63, 3.8) is 0 Å². The van der Waals surface area contributed by atoms with E-state index < -0.39 is 23.2 Å². The average molecular weight is 738 g/mol. The molecule has 0 spiro atoms. The highest BCUT2D eigenvalue weighted by molar-refractivity contribution is 6.10. The van der Waals surface area contributed by atoms with E-state index in [1.165, 1.54) is 5.57 Å². The second-order valence-corrected chi connectivity index (χ2v) is 16.4. The highest BCUT2D eigenvalue weighted by atomic mass is 16.3. The van der Waals surface area contributed by atoms with E-state index in [0.717, 1.165) is 51.4 Å². The van der Waals surface area contributed by atoms with E-state index in [1.807, 2.05) is 66.7 Å². The van der Waals surface area contributed by atoms with E-state index in [0.29, 0.717) is 56.3 Å². The van der Waals surface area contributed by atoms with Crippen molar-refractivity contribution in [2.24, 2.45) is 5.41 Å². The number of nitrogens with zero attached hydrogens (tertiary/aromatic N) is 1. The van der Waals surface area contributed by atoms with Crippen LogP contribution in [0.1, 0.15) is 90.9 Å². The van der Waals surface area contributed by atoms with Gasteiger partial charge in [-0.1, -0.05) is 128 Å². The average Bonchev–Trinajstić information content (AvgIpc) is 3.45. The first kappa shape index (κ1) is 38.8. The number of aliphatic hydroxyl groups excluding tert-OH is 3. The van der Waals surface area contributed by atoms with Crippen molar-refractivity contribution in [2.45, 2.75) is 89.1 Å². The van der Waals surface area contributed by atoms with Gasteiger partial charge in [0.15, 0.2) is 5.78 Å². The zero-order valence-corrected chi connectivity index (χ0v) is 32.2. The van der Waals surface area contributed by atoms with Crippen molar-refractivity contribution in [3.8, 4) is 11.1 Å². The van der Waals surface area contributed by atoms with Gasteiger partial charge in [0, 0.05) is 36.2 Å². The van der Waals surface area contributed by atoms with Gasteiger partial charge in [0.25, 0.3) is 0 Å². The monoisotopic (exact) mass is 737 g/mol. The molecule has 6 nitrogen and oxygen atoms in total. The summed E-state index contributed by atoms with van der Waals surface area (Å²) in [5, 5.41) is 47.2. The Hall–Kier alpha value is -4.43. The van der Waals surface area contributed by atoms with Crippen LogP contribution in [0.5, 0.6) is 0 Å². The van der Waals surface area contributed by atoms with Crippen LogP contribution in [0.3, 0.4) is 0 Å². The van der Waals surface area contributed by atoms with Crippen LogP contribution < -0.4 is 0 Å². The molecule has 55 heavy (non-hydrogen) atoms. The Bertz CT molecular complexity index is 2120. The smallest absolute Gasteiger partial charge is 0.193 e. The highest BCUT2D eigenvalue weighted by Gasteiger charge is 2.57. The molecule has 0 amide bonds. The van der Waals surface area contributed by atoms with E-state index in [-0.39, 0.29) is 24.9 Å². The number of fused-ring (bicyclic) bond motifs is 9. The number of hydrogen-bond donors (Lipinski definition) is 4. The van der Waals surface area contributed by atoms with Gasteiger partial charge >= 0.3 is 0 Å². The fourth-order valence-corrected chi connectivity index (χ4v) is 9.38. The first-order valence-corrected chi connectivity index (χ1v) is 19.9. The fraction of sp³-hybridized carbons (Fsp3) is 0.367.